The molecule has 0 aliphatic rings. The molecule has 1 heterocycles. The Hall–Kier alpha value is -3.19. The van der Waals surface area contributed by atoms with E-state index in [0.717, 1.165) is 16.7 Å². The van der Waals surface area contributed by atoms with Gasteiger partial charge in [0.2, 0.25) is 5.95 Å². The van der Waals surface area contributed by atoms with Gasteiger partial charge in [-0.1, -0.05) is 12.1 Å². The molecule has 158 valence electrons. The van der Waals surface area contributed by atoms with E-state index in [2.05, 4.69) is 15.5 Å². The van der Waals surface area contributed by atoms with Crippen LogP contribution in [0, 0.1) is 13.8 Å². The Labute approximate surface area is 176 Å². The maximum atomic E-state index is 13.0. The van der Waals surface area contributed by atoms with Gasteiger partial charge in [0.25, 0.3) is 5.56 Å². The molecular weight excluding hydrogens is 380 g/mol. The molecule has 7 heteroatoms. The van der Waals surface area contributed by atoms with Gasteiger partial charge in [-0.15, -0.1) is 0 Å². The van der Waals surface area contributed by atoms with Crippen molar-refractivity contribution in [1.82, 2.24) is 9.55 Å². The highest BCUT2D eigenvalue weighted by Crippen LogP contribution is 2.22. The highest BCUT2D eigenvalue weighted by Gasteiger charge is 2.10. The fourth-order valence-electron chi connectivity index (χ4n) is 3.23. The molecule has 7 nitrogen and oxygen atoms in total. The Morgan fingerprint density at radius 3 is 2.63 bits per heavy atom. The number of aromatic hydroxyl groups is 1. The Morgan fingerprint density at radius 1 is 1.23 bits per heavy atom. The minimum Gasteiger partial charge on any atom is -0.507 e. The third-order valence-electron chi connectivity index (χ3n) is 4.73. The largest absolute Gasteiger partial charge is 0.507 e. The molecule has 0 bridgehead atoms. The molecule has 2 N–H and O–H groups in total. The predicted octanol–water partition coefficient (Wildman–Crippen LogP) is 3.98. The van der Waals surface area contributed by atoms with Crippen molar-refractivity contribution in [3.8, 4) is 5.75 Å². The third-order valence-corrected chi connectivity index (χ3v) is 4.73. The Kier molecular flexibility index (Phi) is 6.84. The molecule has 1 aromatic heterocycles. The monoisotopic (exact) mass is 408 g/mol. The molecule has 0 aliphatic heterocycles. The number of nitrogens with one attached hydrogen (secondary N) is 1. The van der Waals surface area contributed by atoms with Crippen LogP contribution in [-0.4, -0.2) is 33.6 Å². The molecule has 0 spiro atoms. The van der Waals surface area contributed by atoms with Gasteiger partial charge in [-0.3, -0.25) is 9.36 Å². The molecule has 30 heavy (non-hydrogen) atoms. The van der Waals surface area contributed by atoms with Gasteiger partial charge in [0.05, 0.1) is 23.2 Å². The SMILES string of the molecule is Cc1cc(/C=N/Nc2nc3ccccc3c(=O)n2CCCOC(C)C)cc(C)c1O. The van der Waals surface area contributed by atoms with E-state index in [1.807, 2.05) is 58.0 Å². The number of nitrogens with zero attached hydrogens (tertiary/aromatic N) is 3. The number of benzene rings is 2. The minimum absolute atomic E-state index is 0.112. The van der Waals surface area contributed by atoms with Crippen LogP contribution in [0.25, 0.3) is 10.9 Å². The molecule has 0 unspecified atom stereocenters. The Bertz CT molecular complexity index is 1100. The topological polar surface area (TPSA) is 88.7 Å². The lowest BCUT2D eigenvalue weighted by atomic mass is 10.1. The maximum Gasteiger partial charge on any atom is 0.262 e. The Morgan fingerprint density at radius 2 is 1.93 bits per heavy atom. The fourth-order valence-corrected chi connectivity index (χ4v) is 3.23. The second-order valence-electron chi connectivity index (χ2n) is 7.56. The van der Waals surface area contributed by atoms with Gasteiger partial charge >= 0.3 is 0 Å². The van der Waals surface area contributed by atoms with Crippen LogP contribution in [0.5, 0.6) is 5.75 Å². The summed E-state index contributed by atoms with van der Waals surface area (Å²) in [6.45, 7) is 8.69. The van der Waals surface area contributed by atoms with E-state index in [4.69, 9.17) is 4.74 Å². The summed E-state index contributed by atoms with van der Waals surface area (Å²) >= 11 is 0. The highest BCUT2D eigenvalue weighted by molar-refractivity contribution is 5.82. The summed E-state index contributed by atoms with van der Waals surface area (Å²) in [6.07, 6.45) is 2.48. The first-order valence-electron chi connectivity index (χ1n) is 10.1. The van der Waals surface area contributed by atoms with E-state index in [1.165, 1.54) is 0 Å². The van der Waals surface area contributed by atoms with Crippen LogP contribution in [0.15, 0.2) is 46.3 Å². The maximum absolute atomic E-state index is 13.0. The first kappa shape index (κ1) is 21.5. The molecule has 2 aromatic carbocycles. The number of rotatable bonds is 8. The van der Waals surface area contributed by atoms with E-state index in [0.29, 0.717) is 36.4 Å². The summed E-state index contributed by atoms with van der Waals surface area (Å²) in [5.41, 5.74) is 5.82. The van der Waals surface area contributed by atoms with E-state index < -0.39 is 0 Å². The van der Waals surface area contributed by atoms with E-state index in [-0.39, 0.29) is 17.4 Å². The van der Waals surface area contributed by atoms with Crippen LogP contribution < -0.4 is 11.0 Å². The molecule has 0 saturated heterocycles. The van der Waals surface area contributed by atoms with Gasteiger partial charge in [0.15, 0.2) is 0 Å². The zero-order valence-corrected chi connectivity index (χ0v) is 17.8. The van der Waals surface area contributed by atoms with Crippen molar-refractivity contribution in [3.05, 3.63) is 63.4 Å². The number of hydrazone groups is 1. The predicted molar refractivity (Wildman–Crippen MR) is 121 cm³/mol. The van der Waals surface area contributed by atoms with Crippen molar-refractivity contribution in [2.45, 2.75) is 46.8 Å². The van der Waals surface area contributed by atoms with Gasteiger partial charge in [0.1, 0.15) is 5.75 Å². The molecule has 0 radical (unpaired) electrons. The molecular formula is C23H28N4O3. The van der Waals surface area contributed by atoms with Gasteiger partial charge < -0.3 is 9.84 Å². The van der Waals surface area contributed by atoms with Crippen molar-refractivity contribution >= 4 is 23.1 Å². The summed E-state index contributed by atoms with van der Waals surface area (Å²) in [4.78, 5) is 17.6. The average molecular weight is 409 g/mol. The molecule has 3 rings (SSSR count). The second kappa shape index (κ2) is 9.54. The summed E-state index contributed by atoms with van der Waals surface area (Å²) in [5.74, 6) is 0.667. The lowest BCUT2D eigenvalue weighted by Gasteiger charge is -2.13. The number of aryl methyl sites for hydroxylation is 2. The molecule has 3 aromatic rings. The number of phenolic OH excluding ortho intramolecular Hbond substituents is 1. The number of ether oxygens (including phenoxy) is 1. The summed E-state index contributed by atoms with van der Waals surface area (Å²) in [7, 11) is 0. The standard InChI is InChI=1S/C23H28N4O3/c1-15(2)30-11-7-10-27-22(29)19-8-5-6-9-20(19)25-23(27)26-24-14-18-12-16(3)21(28)17(4)13-18/h5-6,8-9,12-15,28H,7,10-11H2,1-4H3,(H,25,26)/b24-14+. The molecule has 0 atom stereocenters. The number of anilines is 1. The average Bonchev–Trinajstić information content (AvgIpc) is 2.71. The van der Waals surface area contributed by atoms with Crippen LogP contribution in [0.4, 0.5) is 5.95 Å². The van der Waals surface area contributed by atoms with Crippen LogP contribution in [0.3, 0.4) is 0 Å². The van der Waals surface area contributed by atoms with Crippen molar-refractivity contribution in [3.63, 3.8) is 0 Å². The van der Waals surface area contributed by atoms with Gasteiger partial charge in [-0.25, -0.2) is 10.4 Å². The molecule has 0 fully saturated rings. The lowest BCUT2D eigenvalue weighted by Crippen LogP contribution is -2.25. The first-order chi connectivity index (χ1) is 14.4. The van der Waals surface area contributed by atoms with Crippen molar-refractivity contribution < 1.29 is 9.84 Å². The van der Waals surface area contributed by atoms with Crippen molar-refractivity contribution in [2.75, 3.05) is 12.0 Å². The minimum atomic E-state index is -0.112. The van der Waals surface area contributed by atoms with E-state index in [1.54, 1.807) is 16.8 Å². The van der Waals surface area contributed by atoms with Crippen molar-refractivity contribution in [1.29, 1.82) is 0 Å². The number of hydrogen-bond acceptors (Lipinski definition) is 6. The second-order valence-corrected chi connectivity index (χ2v) is 7.56. The van der Waals surface area contributed by atoms with E-state index >= 15 is 0 Å². The highest BCUT2D eigenvalue weighted by atomic mass is 16.5. The summed E-state index contributed by atoms with van der Waals surface area (Å²) in [6, 6.07) is 11.0. The quantitative estimate of drug-likeness (QED) is 0.334. The zero-order chi connectivity index (χ0) is 21.7. The van der Waals surface area contributed by atoms with Crippen molar-refractivity contribution in [2.24, 2.45) is 5.10 Å². The molecule has 0 amide bonds. The zero-order valence-electron chi connectivity index (χ0n) is 17.8. The van der Waals surface area contributed by atoms with Crippen LogP contribution in [0.1, 0.15) is 37.0 Å². The van der Waals surface area contributed by atoms with Crippen LogP contribution in [-0.2, 0) is 11.3 Å². The molecule has 0 aliphatic carbocycles. The molecule has 0 saturated carbocycles. The number of para-hydroxylation sites is 1. The number of aromatic nitrogens is 2. The van der Waals surface area contributed by atoms with Gasteiger partial charge in [-0.2, -0.15) is 5.10 Å². The normalized spacial score (nSPS) is 11.6. The number of phenols is 1. The fraction of sp³-hybridized carbons (Fsp3) is 0.348. The smallest absolute Gasteiger partial charge is 0.262 e. The third kappa shape index (κ3) is 5.04. The van der Waals surface area contributed by atoms with Gasteiger partial charge in [0, 0.05) is 13.2 Å². The number of hydrogen-bond donors (Lipinski definition) is 2. The van der Waals surface area contributed by atoms with E-state index in [9.17, 15) is 9.90 Å². The van der Waals surface area contributed by atoms with Crippen LogP contribution >= 0.6 is 0 Å². The Balaban J connectivity index is 1.87. The number of fused-ring (bicyclic) bond motifs is 1. The first-order valence-corrected chi connectivity index (χ1v) is 10.1. The van der Waals surface area contributed by atoms with Crippen LogP contribution in [0.2, 0.25) is 0 Å². The van der Waals surface area contributed by atoms with Gasteiger partial charge in [-0.05, 0) is 75.1 Å². The summed E-state index contributed by atoms with van der Waals surface area (Å²) < 4.78 is 7.19. The lowest BCUT2D eigenvalue weighted by molar-refractivity contribution is 0.0748. The summed E-state index contributed by atoms with van der Waals surface area (Å²) in [5, 5.41) is 14.8.